The van der Waals surface area contributed by atoms with Crippen LogP contribution in [0.15, 0.2) is 72.8 Å². The Balaban J connectivity index is 1.54. The fourth-order valence-electron chi connectivity index (χ4n) is 4.03. The number of halogens is 1. The minimum atomic E-state index is -0.372. The van der Waals surface area contributed by atoms with Crippen molar-refractivity contribution in [3.05, 3.63) is 89.7 Å². The molecule has 1 aliphatic rings. The topological polar surface area (TPSA) is 54.5 Å². The van der Waals surface area contributed by atoms with E-state index in [0.717, 1.165) is 40.9 Å². The molecule has 4 aromatic rings. The maximum atomic E-state index is 13.2. The highest BCUT2D eigenvalue weighted by Crippen LogP contribution is 2.33. The first-order valence-electron chi connectivity index (χ1n) is 11.0. The number of nitrogens with zero attached hydrogens (tertiary/aromatic N) is 2. The van der Waals surface area contributed by atoms with E-state index in [4.69, 9.17) is 9.72 Å². The van der Waals surface area contributed by atoms with Crippen LogP contribution in [0.25, 0.3) is 22.2 Å². The molecule has 1 amide bonds. The van der Waals surface area contributed by atoms with Crippen LogP contribution in [0, 0.1) is 12.7 Å². The molecule has 5 nitrogen and oxygen atoms in total. The summed E-state index contributed by atoms with van der Waals surface area (Å²) in [5.41, 5.74) is 6.16. The zero-order valence-corrected chi connectivity index (χ0v) is 18.3. The fraction of sp³-hybridized carbons (Fsp3) is 0.185. The predicted octanol–water partition coefficient (Wildman–Crippen LogP) is 5.44. The summed E-state index contributed by atoms with van der Waals surface area (Å²) < 4.78 is 18.7. The van der Waals surface area contributed by atoms with Crippen molar-refractivity contribution in [1.82, 2.24) is 4.98 Å². The summed E-state index contributed by atoms with van der Waals surface area (Å²) in [6.07, 6.45) is 0. The highest BCUT2D eigenvalue weighted by atomic mass is 19.1. The number of carbonyl (C=O) groups excluding carboxylic acids is 1. The molecule has 0 spiro atoms. The van der Waals surface area contributed by atoms with Crippen LogP contribution in [0.4, 0.5) is 15.8 Å². The van der Waals surface area contributed by atoms with Crippen LogP contribution in [0.3, 0.4) is 0 Å². The molecule has 0 radical (unpaired) electrons. The lowest BCUT2D eigenvalue weighted by Gasteiger charge is -2.30. The Morgan fingerprint density at radius 1 is 0.970 bits per heavy atom. The molecule has 1 aliphatic heterocycles. The first-order chi connectivity index (χ1) is 16.1. The van der Waals surface area contributed by atoms with Gasteiger partial charge in [-0.05, 0) is 55.5 Å². The smallest absolute Gasteiger partial charge is 0.255 e. The zero-order chi connectivity index (χ0) is 22.8. The molecule has 3 aromatic carbocycles. The Morgan fingerprint density at radius 2 is 1.70 bits per heavy atom. The minimum Gasteiger partial charge on any atom is -0.378 e. The molecular formula is C27H24FN3O2. The second-order valence-electron chi connectivity index (χ2n) is 8.19. The monoisotopic (exact) mass is 441 g/mol. The van der Waals surface area contributed by atoms with Crippen LogP contribution in [0.2, 0.25) is 0 Å². The lowest BCUT2D eigenvalue weighted by Crippen LogP contribution is -2.36. The Kier molecular flexibility index (Phi) is 5.75. The number of nitrogens with one attached hydrogen (secondary N) is 1. The van der Waals surface area contributed by atoms with Gasteiger partial charge in [0.15, 0.2) is 0 Å². The summed E-state index contributed by atoms with van der Waals surface area (Å²) >= 11 is 0. The molecule has 1 N–H and O–H groups in total. The van der Waals surface area contributed by atoms with Gasteiger partial charge in [0.1, 0.15) is 5.82 Å². The first kappa shape index (κ1) is 21.1. The average molecular weight is 442 g/mol. The molecule has 0 aliphatic carbocycles. The van der Waals surface area contributed by atoms with Gasteiger partial charge in [-0.15, -0.1) is 0 Å². The van der Waals surface area contributed by atoms with Gasteiger partial charge < -0.3 is 15.0 Å². The van der Waals surface area contributed by atoms with E-state index in [1.807, 2.05) is 18.2 Å². The quantitative estimate of drug-likeness (QED) is 0.458. The van der Waals surface area contributed by atoms with Crippen LogP contribution in [0.1, 0.15) is 15.9 Å². The summed E-state index contributed by atoms with van der Waals surface area (Å²) in [4.78, 5) is 19.8. The summed E-state index contributed by atoms with van der Waals surface area (Å²) in [5.74, 6) is -0.658. The van der Waals surface area contributed by atoms with E-state index in [2.05, 4.69) is 47.5 Å². The second-order valence-corrected chi connectivity index (χ2v) is 8.19. The molecule has 0 unspecified atom stereocenters. The largest absolute Gasteiger partial charge is 0.378 e. The number of hydrogen-bond acceptors (Lipinski definition) is 4. The van der Waals surface area contributed by atoms with Gasteiger partial charge >= 0.3 is 0 Å². The molecular weight excluding hydrogens is 417 g/mol. The van der Waals surface area contributed by atoms with Gasteiger partial charge in [0, 0.05) is 41.0 Å². The lowest BCUT2D eigenvalue weighted by atomic mass is 10.0. The molecule has 166 valence electrons. The van der Waals surface area contributed by atoms with Gasteiger partial charge in [-0.25, -0.2) is 9.37 Å². The molecule has 0 bridgehead atoms. The van der Waals surface area contributed by atoms with Gasteiger partial charge in [0.05, 0.1) is 24.4 Å². The van der Waals surface area contributed by atoms with Crippen molar-refractivity contribution in [1.29, 1.82) is 0 Å². The highest BCUT2D eigenvalue weighted by Gasteiger charge is 2.17. The number of amides is 1. The van der Waals surface area contributed by atoms with Gasteiger partial charge in [-0.2, -0.15) is 0 Å². The molecule has 33 heavy (non-hydrogen) atoms. The van der Waals surface area contributed by atoms with Crippen molar-refractivity contribution in [3.8, 4) is 11.3 Å². The van der Waals surface area contributed by atoms with Crippen molar-refractivity contribution in [2.75, 3.05) is 36.5 Å². The molecule has 0 atom stereocenters. The average Bonchev–Trinajstić information content (AvgIpc) is 2.85. The predicted molar refractivity (Wildman–Crippen MR) is 129 cm³/mol. The number of ether oxygens (including phenoxy) is 1. The van der Waals surface area contributed by atoms with E-state index in [0.29, 0.717) is 24.5 Å². The van der Waals surface area contributed by atoms with Crippen molar-refractivity contribution >= 4 is 28.2 Å². The van der Waals surface area contributed by atoms with E-state index in [1.54, 1.807) is 0 Å². The van der Waals surface area contributed by atoms with E-state index in [9.17, 15) is 9.18 Å². The maximum Gasteiger partial charge on any atom is 0.255 e. The van der Waals surface area contributed by atoms with Crippen LogP contribution in [-0.4, -0.2) is 37.2 Å². The summed E-state index contributed by atoms with van der Waals surface area (Å²) in [6.45, 7) is 4.99. The third-order valence-electron chi connectivity index (χ3n) is 5.85. The van der Waals surface area contributed by atoms with Gasteiger partial charge in [-0.1, -0.05) is 29.8 Å². The van der Waals surface area contributed by atoms with Crippen LogP contribution >= 0.6 is 0 Å². The van der Waals surface area contributed by atoms with Gasteiger partial charge in [0.25, 0.3) is 5.91 Å². The van der Waals surface area contributed by atoms with E-state index >= 15 is 0 Å². The number of aryl methyl sites for hydroxylation is 1. The second kappa shape index (κ2) is 9.00. The maximum absolute atomic E-state index is 13.2. The Bertz CT molecular complexity index is 1300. The Labute approximate surface area is 191 Å². The third-order valence-corrected chi connectivity index (χ3v) is 5.85. The van der Waals surface area contributed by atoms with E-state index in [1.165, 1.54) is 29.8 Å². The normalized spacial score (nSPS) is 13.8. The molecule has 6 heteroatoms. The van der Waals surface area contributed by atoms with Gasteiger partial charge in [0.2, 0.25) is 0 Å². The SMILES string of the molecule is Cc1ccc(-c2cc(N3CCOCC3)c3cc(NC(=O)c4ccc(F)cc4)ccc3n2)cc1. The molecule has 2 heterocycles. The number of morpholine rings is 1. The van der Waals surface area contributed by atoms with Crippen molar-refractivity contribution < 1.29 is 13.9 Å². The number of fused-ring (bicyclic) bond motifs is 1. The highest BCUT2D eigenvalue weighted by molar-refractivity contribution is 6.06. The van der Waals surface area contributed by atoms with Gasteiger partial charge in [-0.3, -0.25) is 4.79 Å². The molecule has 0 saturated carbocycles. The molecule has 1 fully saturated rings. The third kappa shape index (κ3) is 4.56. The number of benzene rings is 3. The summed E-state index contributed by atoms with van der Waals surface area (Å²) in [6, 6.07) is 21.7. The van der Waals surface area contributed by atoms with Crippen LogP contribution in [0.5, 0.6) is 0 Å². The number of hydrogen-bond donors (Lipinski definition) is 1. The van der Waals surface area contributed by atoms with Crippen molar-refractivity contribution in [3.63, 3.8) is 0 Å². The standard InChI is InChI=1S/C27H24FN3O2/c1-18-2-4-19(5-3-18)25-17-26(31-12-14-33-15-13-31)23-16-22(10-11-24(23)30-25)29-27(32)20-6-8-21(28)9-7-20/h2-11,16-17H,12-15H2,1H3,(H,29,32). The number of aromatic nitrogens is 1. The van der Waals surface area contributed by atoms with Crippen LogP contribution in [-0.2, 0) is 4.74 Å². The fourth-order valence-corrected chi connectivity index (χ4v) is 4.03. The number of anilines is 2. The first-order valence-corrected chi connectivity index (χ1v) is 11.0. The summed E-state index contributed by atoms with van der Waals surface area (Å²) in [5, 5.41) is 3.88. The van der Waals surface area contributed by atoms with E-state index < -0.39 is 0 Å². The lowest BCUT2D eigenvalue weighted by molar-refractivity contribution is 0.102. The van der Waals surface area contributed by atoms with Crippen molar-refractivity contribution in [2.24, 2.45) is 0 Å². The Hall–Kier alpha value is -3.77. The molecule has 1 aromatic heterocycles. The zero-order valence-electron chi connectivity index (χ0n) is 18.3. The van der Waals surface area contributed by atoms with Crippen molar-refractivity contribution in [2.45, 2.75) is 6.92 Å². The molecule has 5 rings (SSSR count). The number of carbonyl (C=O) groups is 1. The Morgan fingerprint density at radius 3 is 2.42 bits per heavy atom. The minimum absolute atomic E-state index is 0.286. The number of rotatable bonds is 4. The molecule has 1 saturated heterocycles. The van der Waals surface area contributed by atoms with E-state index in [-0.39, 0.29) is 11.7 Å². The summed E-state index contributed by atoms with van der Waals surface area (Å²) in [7, 11) is 0. The number of pyridine rings is 1. The van der Waals surface area contributed by atoms with Crippen LogP contribution < -0.4 is 10.2 Å².